The van der Waals surface area contributed by atoms with Crippen LogP contribution in [0.25, 0.3) is 0 Å². The smallest absolute Gasteiger partial charge is 0.233 e. The highest BCUT2D eigenvalue weighted by Gasteiger charge is 2.31. The minimum Gasteiger partial charge on any atom is -0.423 e. The highest BCUT2D eigenvalue weighted by molar-refractivity contribution is 4.99. The SMILES string of the molecule is COCCN1CCCC[C@@H]1c1nnc(C2CCC2)o1. The summed E-state index contributed by atoms with van der Waals surface area (Å²) in [6.07, 6.45) is 7.33. The van der Waals surface area contributed by atoms with Gasteiger partial charge in [0.25, 0.3) is 0 Å². The Labute approximate surface area is 114 Å². The third kappa shape index (κ3) is 2.82. The van der Waals surface area contributed by atoms with Crippen LogP contribution in [0, 0.1) is 0 Å². The van der Waals surface area contributed by atoms with Gasteiger partial charge < -0.3 is 9.15 Å². The summed E-state index contributed by atoms with van der Waals surface area (Å²) in [6.45, 7) is 2.82. The molecule has 2 heterocycles. The van der Waals surface area contributed by atoms with Gasteiger partial charge in [-0.05, 0) is 32.2 Å². The van der Waals surface area contributed by atoms with Crippen LogP contribution in [0.3, 0.4) is 0 Å². The molecule has 2 fully saturated rings. The van der Waals surface area contributed by atoms with E-state index in [0.29, 0.717) is 12.0 Å². The number of hydrogen-bond donors (Lipinski definition) is 0. The summed E-state index contributed by atoms with van der Waals surface area (Å²) in [4.78, 5) is 2.42. The van der Waals surface area contributed by atoms with Crippen LogP contribution in [0.1, 0.15) is 62.3 Å². The monoisotopic (exact) mass is 265 g/mol. The van der Waals surface area contributed by atoms with E-state index in [0.717, 1.165) is 37.9 Å². The maximum absolute atomic E-state index is 5.93. The van der Waals surface area contributed by atoms with Crippen LogP contribution in [-0.2, 0) is 4.74 Å². The number of methoxy groups -OCH3 is 1. The van der Waals surface area contributed by atoms with Crippen LogP contribution in [-0.4, -0.2) is 41.9 Å². The van der Waals surface area contributed by atoms with Gasteiger partial charge in [-0.25, -0.2) is 0 Å². The summed E-state index contributed by atoms with van der Waals surface area (Å²) in [6, 6.07) is 0.297. The number of rotatable bonds is 5. The molecule has 0 amide bonds. The topological polar surface area (TPSA) is 51.4 Å². The molecule has 1 saturated heterocycles. The maximum atomic E-state index is 5.93. The van der Waals surface area contributed by atoms with Crippen molar-refractivity contribution in [1.82, 2.24) is 15.1 Å². The molecule has 19 heavy (non-hydrogen) atoms. The molecule has 106 valence electrons. The van der Waals surface area contributed by atoms with Crippen molar-refractivity contribution in [2.24, 2.45) is 0 Å². The third-order valence-electron chi connectivity index (χ3n) is 4.39. The van der Waals surface area contributed by atoms with Gasteiger partial charge in [-0.15, -0.1) is 10.2 Å². The molecule has 5 heteroatoms. The molecule has 2 aliphatic rings. The second-order valence-electron chi connectivity index (χ2n) is 5.65. The number of ether oxygens (including phenoxy) is 1. The molecule has 1 aromatic rings. The van der Waals surface area contributed by atoms with E-state index in [2.05, 4.69) is 15.1 Å². The lowest BCUT2D eigenvalue weighted by atomic mass is 9.85. The molecule has 0 aromatic carbocycles. The normalized spacial score (nSPS) is 25.4. The Hall–Kier alpha value is -0.940. The van der Waals surface area contributed by atoms with E-state index in [1.165, 1.54) is 32.1 Å². The van der Waals surface area contributed by atoms with Crippen molar-refractivity contribution in [3.63, 3.8) is 0 Å². The zero-order chi connectivity index (χ0) is 13.1. The molecule has 1 aliphatic heterocycles. The first-order valence-corrected chi connectivity index (χ1v) is 7.45. The zero-order valence-corrected chi connectivity index (χ0v) is 11.7. The van der Waals surface area contributed by atoms with Gasteiger partial charge in [-0.1, -0.05) is 12.8 Å². The average molecular weight is 265 g/mol. The molecule has 0 radical (unpaired) electrons. The number of hydrogen-bond acceptors (Lipinski definition) is 5. The highest BCUT2D eigenvalue weighted by atomic mass is 16.5. The molecule has 0 bridgehead atoms. The molecular weight excluding hydrogens is 242 g/mol. The van der Waals surface area contributed by atoms with Crippen LogP contribution in [0.2, 0.25) is 0 Å². The fourth-order valence-corrected chi connectivity index (χ4v) is 2.95. The standard InChI is InChI=1S/C14H23N3O2/c1-18-10-9-17-8-3-2-7-12(17)14-16-15-13(19-14)11-5-4-6-11/h11-12H,2-10H2,1H3/t12-/m1/s1. The van der Waals surface area contributed by atoms with Crippen molar-refractivity contribution in [1.29, 1.82) is 0 Å². The van der Waals surface area contributed by atoms with Crippen molar-refractivity contribution >= 4 is 0 Å². The summed E-state index contributed by atoms with van der Waals surface area (Å²) in [5, 5.41) is 8.56. The van der Waals surface area contributed by atoms with E-state index >= 15 is 0 Å². The van der Waals surface area contributed by atoms with Crippen molar-refractivity contribution < 1.29 is 9.15 Å². The number of piperidine rings is 1. The predicted octanol–water partition coefficient (Wildman–Crippen LogP) is 2.51. The van der Waals surface area contributed by atoms with Gasteiger partial charge in [0.1, 0.15) is 0 Å². The summed E-state index contributed by atoms with van der Waals surface area (Å²) in [5.41, 5.74) is 0. The van der Waals surface area contributed by atoms with Crippen molar-refractivity contribution in [2.45, 2.75) is 50.5 Å². The van der Waals surface area contributed by atoms with Crippen LogP contribution < -0.4 is 0 Å². The van der Waals surface area contributed by atoms with Gasteiger partial charge in [0.15, 0.2) is 0 Å². The van der Waals surface area contributed by atoms with Gasteiger partial charge in [0.2, 0.25) is 11.8 Å². The fourth-order valence-electron chi connectivity index (χ4n) is 2.95. The van der Waals surface area contributed by atoms with Crippen molar-refractivity contribution in [3.8, 4) is 0 Å². The Balaban J connectivity index is 1.68. The van der Waals surface area contributed by atoms with Crippen LogP contribution >= 0.6 is 0 Å². The van der Waals surface area contributed by atoms with Gasteiger partial charge in [-0.3, -0.25) is 4.90 Å². The number of likely N-dealkylation sites (tertiary alicyclic amines) is 1. The second kappa shape index (κ2) is 6.01. The Kier molecular flexibility index (Phi) is 4.13. The van der Waals surface area contributed by atoms with Gasteiger partial charge >= 0.3 is 0 Å². The molecule has 1 atom stereocenters. The van der Waals surface area contributed by atoms with Gasteiger partial charge in [0.05, 0.1) is 12.6 Å². The first-order valence-electron chi connectivity index (χ1n) is 7.45. The van der Waals surface area contributed by atoms with Crippen LogP contribution in [0.4, 0.5) is 0 Å². The van der Waals surface area contributed by atoms with Crippen molar-refractivity contribution in [2.75, 3.05) is 26.8 Å². The third-order valence-corrected chi connectivity index (χ3v) is 4.39. The maximum Gasteiger partial charge on any atom is 0.233 e. The first kappa shape index (κ1) is 13.1. The second-order valence-corrected chi connectivity index (χ2v) is 5.65. The predicted molar refractivity (Wildman–Crippen MR) is 70.9 cm³/mol. The van der Waals surface area contributed by atoms with E-state index in [1.54, 1.807) is 7.11 Å². The molecular formula is C14H23N3O2. The molecule has 1 aromatic heterocycles. The molecule has 3 rings (SSSR count). The number of nitrogens with zero attached hydrogens (tertiary/aromatic N) is 3. The molecule has 0 unspecified atom stereocenters. The number of aromatic nitrogens is 2. The fraction of sp³-hybridized carbons (Fsp3) is 0.857. The molecule has 5 nitrogen and oxygen atoms in total. The summed E-state index contributed by atoms with van der Waals surface area (Å²) < 4.78 is 11.1. The van der Waals surface area contributed by atoms with Crippen LogP contribution in [0.15, 0.2) is 4.42 Å². The van der Waals surface area contributed by atoms with E-state index in [-0.39, 0.29) is 0 Å². The molecule has 1 aliphatic carbocycles. The van der Waals surface area contributed by atoms with Crippen molar-refractivity contribution in [3.05, 3.63) is 11.8 Å². The Bertz CT molecular complexity index is 403. The van der Waals surface area contributed by atoms with Gasteiger partial charge in [0, 0.05) is 19.6 Å². The Morgan fingerprint density at radius 2 is 2.00 bits per heavy atom. The van der Waals surface area contributed by atoms with E-state index in [9.17, 15) is 0 Å². The lowest BCUT2D eigenvalue weighted by molar-refractivity contribution is 0.0820. The summed E-state index contributed by atoms with van der Waals surface area (Å²) in [5.74, 6) is 2.20. The highest BCUT2D eigenvalue weighted by Crippen LogP contribution is 2.37. The lowest BCUT2D eigenvalue weighted by Gasteiger charge is -2.33. The Morgan fingerprint density at radius 1 is 1.16 bits per heavy atom. The summed E-state index contributed by atoms with van der Waals surface area (Å²) in [7, 11) is 1.75. The average Bonchev–Trinajstić information content (AvgIpc) is 2.84. The van der Waals surface area contributed by atoms with E-state index < -0.39 is 0 Å². The minimum absolute atomic E-state index is 0.297. The van der Waals surface area contributed by atoms with Gasteiger partial charge in [-0.2, -0.15) is 0 Å². The molecule has 0 N–H and O–H groups in total. The zero-order valence-electron chi connectivity index (χ0n) is 11.7. The quantitative estimate of drug-likeness (QED) is 0.818. The first-order chi connectivity index (χ1) is 9.38. The minimum atomic E-state index is 0.297. The molecule has 0 spiro atoms. The van der Waals surface area contributed by atoms with Crippen LogP contribution in [0.5, 0.6) is 0 Å². The van der Waals surface area contributed by atoms with E-state index in [1.807, 2.05) is 0 Å². The Morgan fingerprint density at radius 3 is 2.74 bits per heavy atom. The molecule has 1 saturated carbocycles. The lowest BCUT2D eigenvalue weighted by Crippen LogP contribution is -2.36. The largest absolute Gasteiger partial charge is 0.423 e. The summed E-state index contributed by atoms with van der Waals surface area (Å²) >= 11 is 0. The van der Waals surface area contributed by atoms with E-state index in [4.69, 9.17) is 9.15 Å².